The minimum absolute atomic E-state index is 0.430. The molecule has 0 saturated carbocycles. The van der Waals surface area contributed by atoms with Crippen LogP contribution in [0.25, 0.3) is 11.0 Å². The molecule has 0 radical (unpaired) electrons. The Morgan fingerprint density at radius 2 is 1.89 bits per heavy atom. The van der Waals surface area contributed by atoms with Gasteiger partial charge in [-0.3, -0.25) is 0 Å². The van der Waals surface area contributed by atoms with E-state index in [4.69, 9.17) is 21.1 Å². The van der Waals surface area contributed by atoms with Crippen molar-refractivity contribution in [2.45, 2.75) is 33.6 Å². The van der Waals surface area contributed by atoms with Gasteiger partial charge in [-0.15, -0.1) is 0 Å². The van der Waals surface area contributed by atoms with Crippen molar-refractivity contribution in [2.24, 2.45) is 0 Å². The lowest BCUT2D eigenvalue weighted by atomic mass is 10.3. The number of imidazole rings is 1. The predicted molar refractivity (Wildman–Crippen MR) is 76.4 cm³/mol. The Labute approximate surface area is 118 Å². The largest absolute Gasteiger partial charge is 0.346 e. The van der Waals surface area contributed by atoms with Crippen LogP contribution in [0.4, 0.5) is 0 Å². The number of hydrogen-bond acceptors (Lipinski definition) is 3. The Bertz CT molecular complexity index is 548. The third kappa shape index (κ3) is 2.91. The number of fused-ring (bicyclic) bond motifs is 1. The van der Waals surface area contributed by atoms with E-state index in [1.54, 1.807) is 0 Å². The first-order valence-electron chi connectivity index (χ1n) is 6.60. The molecule has 5 heteroatoms. The molecule has 2 rings (SSSR count). The Hall–Kier alpha value is -1.10. The van der Waals surface area contributed by atoms with Crippen molar-refractivity contribution in [3.8, 4) is 0 Å². The summed E-state index contributed by atoms with van der Waals surface area (Å²) in [5.74, 6) is 0.795. The molecule has 0 amide bonds. The van der Waals surface area contributed by atoms with Gasteiger partial charge in [0.25, 0.3) is 0 Å². The smallest absolute Gasteiger partial charge is 0.217 e. The minimum Gasteiger partial charge on any atom is -0.346 e. The summed E-state index contributed by atoms with van der Waals surface area (Å²) in [7, 11) is 0. The van der Waals surface area contributed by atoms with Crippen LogP contribution in [-0.2, 0) is 16.0 Å². The number of hydrogen-bond donors (Lipinski definition) is 0. The molecular formula is C14H19ClN2O2. The summed E-state index contributed by atoms with van der Waals surface area (Å²) in [5, 5.41) is 0.684. The van der Waals surface area contributed by atoms with E-state index in [2.05, 4.69) is 16.5 Å². The number of aromatic nitrogens is 2. The summed E-state index contributed by atoms with van der Waals surface area (Å²) in [5.41, 5.74) is 1.92. The summed E-state index contributed by atoms with van der Waals surface area (Å²) < 4.78 is 13.4. The highest BCUT2D eigenvalue weighted by atomic mass is 35.5. The second kappa shape index (κ2) is 6.37. The molecule has 0 atom stereocenters. The maximum Gasteiger partial charge on any atom is 0.217 e. The molecule has 0 aliphatic carbocycles. The number of aryl methyl sites for hydroxylation is 1. The summed E-state index contributed by atoms with van der Waals surface area (Å²) in [6, 6.07) is 5.71. The number of nitrogens with zero attached hydrogens (tertiary/aromatic N) is 2. The molecule has 0 unspecified atom stereocenters. The average Bonchev–Trinajstić information content (AvgIpc) is 2.75. The van der Waals surface area contributed by atoms with Crippen LogP contribution in [0.3, 0.4) is 0 Å². The Balaban J connectivity index is 2.51. The third-order valence-electron chi connectivity index (χ3n) is 2.90. The average molecular weight is 283 g/mol. The normalized spacial score (nSPS) is 11.6. The van der Waals surface area contributed by atoms with E-state index in [-0.39, 0.29) is 0 Å². The van der Waals surface area contributed by atoms with Crippen LogP contribution in [-0.4, -0.2) is 22.8 Å². The Morgan fingerprint density at radius 1 is 1.21 bits per heavy atom. The van der Waals surface area contributed by atoms with Crippen molar-refractivity contribution in [2.75, 3.05) is 13.2 Å². The monoisotopic (exact) mass is 282 g/mol. The van der Waals surface area contributed by atoms with Crippen LogP contribution in [0, 0.1) is 0 Å². The van der Waals surface area contributed by atoms with Crippen LogP contribution >= 0.6 is 11.6 Å². The van der Waals surface area contributed by atoms with Crippen molar-refractivity contribution < 1.29 is 9.47 Å². The molecule has 1 heterocycles. The molecular weight excluding hydrogens is 264 g/mol. The maximum absolute atomic E-state index is 6.01. The zero-order chi connectivity index (χ0) is 13.8. The number of ether oxygens (including phenoxy) is 2. The molecule has 4 nitrogen and oxygen atoms in total. The van der Waals surface area contributed by atoms with E-state index >= 15 is 0 Å². The van der Waals surface area contributed by atoms with Gasteiger partial charge in [0.2, 0.25) is 6.29 Å². The first-order chi connectivity index (χ1) is 9.21. The fourth-order valence-electron chi connectivity index (χ4n) is 2.13. The second-order valence-electron chi connectivity index (χ2n) is 4.09. The molecule has 104 valence electrons. The number of benzene rings is 1. The van der Waals surface area contributed by atoms with Gasteiger partial charge in [0.1, 0.15) is 0 Å². The standard InChI is InChI=1S/C14H19ClN2O2/c1-4-17-12-8-7-10(15)9-11(12)16-13(17)14(18-5-2)19-6-3/h7-9,14H,4-6H2,1-3H3. The van der Waals surface area contributed by atoms with E-state index in [0.717, 1.165) is 23.4 Å². The molecule has 0 spiro atoms. The lowest BCUT2D eigenvalue weighted by Crippen LogP contribution is -2.15. The van der Waals surface area contributed by atoms with E-state index in [9.17, 15) is 0 Å². The Morgan fingerprint density at radius 3 is 2.47 bits per heavy atom. The van der Waals surface area contributed by atoms with Crippen LogP contribution in [0.1, 0.15) is 32.9 Å². The second-order valence-corrected chi connectivity index (χ2v) is 4.53. The molecule has 0 fully saturated rings. The highest BCUT2D eigenvalue weighted by Gasteiger charge is 2.20. The van der Waals surface area contributed by atoms with Gasteiger partial charge in [0.15, 0.2) is 5.82 Å². The SMILES string of the molecule is CCOC(OCC)c1nc2cc(Cl)ccc2n1CC. The highest BCUT2D eigenvalue weighted by molar-refractivity contribution is 6.31. The summed E-state index contributed by atoms with van der Waals surface area (Å²) in [4.78, 5) is 4.61. The van der Waals surface area contributed by atoms with Crippen LogP contribution in [0.15, 0.2) is 18.2 Å². The Kier molecular flexibility index (Phi) is 4.80. The van der Waals surface area contributed by atoms with Gasteiger partial charge in [-0.25, -0.2) is 4.98 Å². The molecule has 2 aromatic rings. The van der Waals surface area contributed by atoms with Crippen molar-refractivity contribution in [1.82, 2.24) is 9.55 Å². The number of rotatable bonds is 6. The van der Waals surface area contributed by atoms with Crippen LogP contribution in [0.2, 0.25) is 5.02 Å². The van der Waals surface area contributed by atoms with E-state index in [0.29, 0.717) is 18.2 Å². The van der Waals surface area contributed by atoms with Crippen molar-refractivity contribution in [3.63, 3.8) is 0 Å². The van der Waals surface area contributed by atoms with E-state index in [1.807, 2.05) is 32.0 Å². The molecule has 0 saturated heterocycles. The molecule has 0 aliphatic rings. The zero-order valence-corrected chi connectivity index (χ0v) is 12.3. The number of halogens is 1. The van der Waals surface area contributed by atoms with Gasteiger partial charge >= 0.3 is 0 Å². The van der Waals surface area contributed by atoms with Crippen molar-refractivity contribution in [3.05, 3.63) is 29.0 Å². The molecule has 0 aliphatic heterocycles. The zero-order valence-electron chi connectivity index (χ0n) is 11.5. The first-order valence-corrected chi connectivity index (χ1v) is 6.97. The van der Waals surface area contributed by atoms with Gasteiger partial charge in [-0.05, 0) is 39.0 Å². The van der Waals surface area contributed by atoms with Gasteiger partial charge in [-0.1, -0.05) is 11.6 Å². The molecule has 0 bridgehead atoms. The minimum atomic E-state index is -0.430. The molecule has 1 aromatic carbocycles. The lowest BCUT2D eigenvalue weighted by Gasteiger charge is -2.17. The molecule has 0 N–H and O–H groups in total. The highest BCUT2D eigenvalue weighted by Crippen LogP contribution is 2.26. The third-order valence-corrected chi connectivity index (χ3v) is 3.14. The van der Waals surface area contributed by atoms with Crippen LogP contribution < -0.4 is 0 Å². The lowest BCUT2D eigenvalue weighted by molar-refractivity contribution is -0.146. The van der Waals surface area contributed by atoms with Gasteiger partial charge in [0.05, 0.1) is 11.0 Å². The van der Waals surface area contributed by atoms with E-state index < -0.39 is 6.29 Å². The van der Waals surface area contributed by atoms with Gasteiger partial charge in [-0.2, -0.15) is 0 Å². The van der Waals surface area contributed by atoms with Gasteiger partial charge in [0, 0.05) is 24.8 Å². The summed E-state index contributed by atoms with van der Waals surface area (Å²) in [6.45, 7) is 7.94. The fraction of sp³-hybridized carbons (Fsp3) is 0.500. The molecule has 19 heavy (non-hydrogen) atoms. The summed E-state index contributed by atoms with van der Waals surface area (Å²) in [6.07, 6.45) is -0.430. The van der Waals surface area contributed by atoms with Crippen molar-refractivity contribution in [1.29, 1.82) is 0 Å². The molecule has 1 aromatic heterocycles. The summed E-state index contributed by atoms with van der Waals surface area (Å²) >= 11 is 6.01. The van der Waals surface area contributed by atoms with Crippen LogP contribution in [0.5, 0.6) is 0 Å². The van der Waals surface area contributed by atoms with Crippen molar-refractivity contribution >= 4 is 22.6 Å². The van der Waals surface area contributed by atoms with Gasteiger partial charge < -0.3 is 14.0 Å². The predicted octanol–water partition coefficient (Wildman–Crippen LogP) is 3.78. The topological polar surface area (TPSA) is 36.3 Å². The first kappa shape index (κ1) is 14.3. The quantitative estimate of drug-likeness (QED) is 0.757. The van der Waals surface area contributed by atoms with E-state index in [1.165, 1.54) is 0 Å². The maximum atomic E-state index is 6.01. The fourth-order valence-corrected chi connectivity index (χ4v) is 2.30.